The van der Waals surface area contributed by atoms with Crippen LogP contribution >= 0.6 is 39.1 Å². The molecule has 1 aliphatic heterocycles. The van der Waals surface area contributed by atoms with Gasteiger partial charge in [-0.15, -0.1) is 5.10 Å². The molecule has 1 fully saturated rings. The lowest BCUT2D eigenvalue weighted by atomic mass is 9.98. The first kappa shape index (κ1) is 31.3. The van der Waals surface area contributed by atoms with E-state index in [1.165, 1.54) is 0 Å². The molecule has 1 aliphatic rings. The van der Waals surface area contributed by atoms with Crippen LogP contribution in [0.1, 0.15) is 62.5 Å². The topological polar surface area (TPSA) is 94.7 Å². The number of benzene rings is 3. The normalized spacial score (nSPS) is 15.1. The van der Waals surface area contributed by atoms with E-state index in [0.29, 0.717) is 37.9 Å². The number of anilines is 3. The zero-order valence-electron chi connectivity index (χ0n) is 25.2. The first-order chi connectivity index (χ1) is 21.6. The SMILES string of the molecule is CC(C)(C)N1CCC(n2cc([C@@H](Nc3cc(Cl)cc4c(Nc5cccc(Br)c5)c(C#N)cnc34)c3ccc(Cl)cc3)nn2)CC1. The number of rotatable bonds is 7. The minimum absolute atomic E-state index is 0.150. The van der Waals surface area contributed by atoms with Crippen LogP contribution in [-0.4, -0.2) is 43.5 Å². The number of piperidine rings is 1. The zero-order valence-corrected chi connectivity index (χ0v) is 28.3. The van der Waals surface area contributed by atoms with Crippen molar-refractivity contribution >= 4 is 67.1 Å². The quantitative estimate of drug-likeness (QED) is 0.175. The van der Waals surface area contributed by atoms with Crippen molar-refractivity contribution in [2.75, 3.05) is 23.7 Å². The molecule has 8 nitrogen and oxygen atoms in total. The van der Waals surface area contributed by atoms with Crippen molar-refractivity contribution in [2.24, 2.45) is 0 Å². The van der Waals surface area contributed by atoms with Gasteiger partial charge in [0.2, 0.25) is 0 Å². The van der Waals surface area contributed by atoms with Gasteiger partial charge in [0, 0.05) is 50.4 Å². The number of nitrogens with zero attached hydrogens (tertiary/aromatic N) is 6. The Balaban J connectivity index is 1.37. The van der Waals surface area contributed by atoms with E-state index in [9.17, 15) is 5.26 Å². The first-order valence-electron chi connectivity index (χ1n) is 14.8. The van der Waals surface area contributed by atoms with Gasteiger partial charge in [0.05, 0.1) is 40.7 Å². The zero-order chi connectivity index (χ0) is 31.7. The Morgan fingerprint density at radius 2 is 1.78 bits per heavy atom. The molecule has 0 saturated carbocycles. The number of pyridine rings is 1. The van der Waals surface area contributed by atoms with Gasteiger partial charge in [0.15, 0.2) is 0 Å². The summed E-state index contributed by atoms with van der Waals surface area (Å²) in [6.07, 6.45) is 5.64. The summed E-state index contributed by atoms with van der Waals surface area (Å²) in [6.45, 7) is 8.82. The average molecular weight is 705 g/mol. The van der Waals surface area contributed by atoms with Crippen molar-refractivity contribution in [3.05, 3.63) is 104 Å². The molecule has 0 aliphatic carbocycles. The molecule has 2 N–H and O–H groups in total. The van der Waals surface area contributed by atoms with Crippen molar-refractivity contribution in [3.63, 3.8) is 0 Å². The van der Waals surface area contributed by atoms with Gasteiger partial charge in [-0.2, -0.15) is 5.26 Å². The fourth-order valence-corrected chi connectivity index (χ4v) is 6.59. The number of nitriles is 1. The maximum absolute atomic E-state index is 9.96. The molecule has 6 rings (SSSR count). The molecule has 45 heavy (non-hydrogen) atoms. The number of halogens is 3. The summed E-state index contributed by atoms with van der Waals surface area (Å²) in [5.74, 6) is 0. The van der Waals surface area contributed by atoms with Crippen LogP contribution in [0.2, 0.25) is 10.0 Å². The van der Waals surface area contributed by atoms with Crippen molar-refractivity contribution < 1.29 is 0 Å². The van der Waals surface area contributed by atoms with Crippen molar-refractivity contribution in [3.8, 4) is 6.07 Å². The van der Waals surface area contributed by atoms with Gasteiger partial charge >= 0.3 is 0 Å². The number of nitrogens with one attached hydrogen (secondary N) is 2. The Morgan fingerprint density at radius 1 is 1.02 bits per heavy atom. The fraction of sp³-hybridized carbons (Fsp3) is 0.294. The third-order valence-electron chi connectivity index (χ3n) is 8.26. The minimum Gasteiger partial charge on any atom is -0.371 e. The second-order valence-corrected chi connectivity index (χ2v) is 14.1. The molecule has 3 aromatic carbocycles. The monoisotopic (exact) mass is 702 g/mol. The third kappa shape index (κ3) is 6.95. The first-order valence-corrected chi connectivity index (χ1v) is 16.4. The Kier molecular flexibility index (Phi) is 9.03. The van der Waals surface area contributed by atoms with Crippen LogP contribution in [0.25, 0.3) is 10.9 Å². The highest BCUT2D eigenvalue weighted by atomic mass is 79.9. The lowest BCUT2D eigenvalue weighted by Crippen LogP contribution is -2.46. The molecular weight excluding hydrogens is 671 g/mol. The number of aromatic nitrogens is 4. The molecule has 1 saturated heterocycles. The van der Waals surface area contributed by atoms with E-state index in [0.717, 1.165) is 47.3 Å². The van der Waals surface area contributed by atoms with Gasteiger partial charge in [-0.25, -0.2) is 4.68 Å². The van der Waals surface area contributed by atoms with Gasteiger partial charge in [-0.1, -0.05) is 62.5 Å². The van der Waals surface area contributed by atoms with Crippen LogP contribution in [0.3, 0.4) is 0 Å². The van der Waals surface area contributed by atoms with Crippen LogP contribution < -0.4 is 10.6 Å². The summed E-state index contributed by atoms with van der Waals surface area (Å²) in [6, 6.07) is 21.3. The Hall–Kier alpha value is -3.68. The van der Waals surface area contributed by atoms with Gasteiger partial charge in [0.25, 0.3) is 0 Å². The summed E-state index contributed by atoms with van der Waals surface area (Å²) in [7, 11) is 0. The van der Waals surface area contributed by atoms with Gasteiger partial charge in [0.1, 0.15) is 11.8 Å². The van der Waals surface area contributed by atoms with Crippen LogP contribution in [0, 0.1) is 11.3 Å². The predicted molar refractivity (Wildman–Crippen MR) is 185 cm³/mol. The molecule has 11 heteroatoms. The molecule has 0 unspecified atom stereocenters. The molecule has 0 radical (unpaired) electrons. The third-order valence-corrected chi connectivity index (χ3v) is 9.23. The lowest BCUT2D eigenvalue weighted by molar-refractivity contribution is 0.0866. The summed E-state index contributed by atoms with van der Waals surface area (Å²) in [4.78, 5) is 7.23. The predicted octanol–water partition coefficient (Wildman–Crippen LogP) is 9.15. The molecule has 0 bridgehead atoms. The van der Waals surface area contributed by atoms with Crippen LogP contribution in [-0.2, 0) is 0 Å². The molecule has 0 spiro atoms. The summed E-state index contributed by atoms with van der Waals surface area (Å²) < 4.78 is 2.93. The second kappa shape index (κ2) is 13.0. The van der Waals surface area contributed by atoms with Crippen LogP contribution in [0.5, 0.6) is 0 Å². The van der Waals surface area contributed by atoms with E-state index in [1.807, 2.05) is 71.5 Å². The van der Waals surface area contributed by atoms with E-state index in [1.54, 1.807) is 6.20 Å². The van der Waals surface area contributed by atoms with E-state index in [4.69, 9.17) is 28.2 Å². The van der Waals surface area contributed by atoms with E-state index in [-0.39, 0.29) is 17.6 Å². The molecular formula is C34H33BrCl2N8. The number of likely N-dealkylation sites (tertiary alicyclic amines) is 1. The fourth-order valence-electron chi connectivity index (χ4n) is 5.85. The highest BCUT2D eigenvalue weighted by molar-refractivity contribution is 9.10. The molecule has 5 aromatic rings. The largest absolute Gasteiger partial charge is 0.371 e. The smallest absolute Gasteiger partial charge is 0.109 e. The summed E-state index contributed by atoms with van der Waals surface area (Å²) in [5.41, 5.74) is 5.10. The summed E-state index contributed by atoms with van der Waals surface area (Å²) in [5, 5.41) is 28.2. The number of hydrogen-bond donors (Lipinski definition) is 2. The van der Waals surface area contributed by atoms with Crippen LogP contribution in [0.15, 0.2) is 77.5 Å². The Labute approximate surface area is 281 Å². The van der Waals surface area contributed by atoms with Gasteiger partial charge in [-0.05, 0) is 81.6 Å². The maximum atomic E-state index is 9.96. The molecule has 230 valence electrons. The van der Waals surface area contributed by atoms with E-state index >= 15 is 0 Å². The van der Waals surface area contributed by atoms with E-state index < -0.39 is 0 Å². The molecule has 1 atom stereocenters. The molecule has 3 heterocycles. The van der Waals surface area contributed by atoms with Gasteiger partial charge in [-0.3, -0.25) is 9.88 Å². The Bertz CT molecular complexity index is 1870. The Morgan fingerprint density at radius 3 is 2.47 bits per heavy atom. The van der Waals surface area contributed by atoms with Crippen LogP contribution in [0.4, 0.5) is 17.1 Å². The number of fused-ring (bicyclic) bond motifs is 1. The second-order valence-electron chi connectivity index (χ2n) is 12.3. The number of hydrogen-bond acceptors (Lipinski definition) is 7. The highest BCUT2D eigenvalue weighted by Gasteiger charge is 2.29. The van der Waals surface area contributed by atoms with Crippen molar-refractivity contribution in [1.29, 1.82) is 5.26 Å². The van der Waals surface area contributed by atoms with E-state index in [2.05, 4.69) is 68.6 Å². The lowest BCUT2D eigenvalue weighted by Gasteiger charge is -2.40. The minimum atomic E-state index is -0.369. The molecule has 2 aromatic heterocycles. The average Bonchev–Trinajstić information content (AvgIpc) is 3.50. The van der Waals surface area contributed by atoms with Gasteiger partial charge < -0.3 is 10.6 Å². The standard InChI is InChI=1S/C34H33BrCl2N8/c1-34(2,3)44-13-11-27(12-14-44)45-20-30(42-43-45)32(21-7-9-24(36)10-8-21)41-29-17-25(37)16-28-31(22(18-38)19-39-33(28)29)40-26-6-4-5-23(35)15-26/h4-10,15-17,19-20,27,32,41H,11-14H2,1-3H3,(H,39,40)/t32-/m0/s1. The maximum Gasteiger partial charge on any atom is 0.109 e. The molecule has 0 amide bonds. The van der Waals surface area contributed by atoms with Crippen molar-refractivity contribution in [1.82, 2.24) is 24.9 Å². The highest BCUT2D eigenvalue weighted by Crippen LogP contribution is 2.38. The summed E-state index contributed by atoms with van der Waals surface area (Å²) >= 11 is 16.5. The van der Waals surface area contributed by atoms with Crippen molar-refractivity contribution in [2.45, 2.75) is 51.2 Å².